The van der Waals surface area contributed by atoms with E-state index >= 15 is 0 Å². The Morgan fingerprint density at radius 2 is 1.89 bits per heavy atom. The third kappa shape index (κ3) is 3.21. The topological polar surface area (TPSA) is 90.6 Å². The van der Waals surface area contributed by atoms with E-state index in [1.54, 1.807) is 43.6 Å². The molecule has 0 aliphatic carbocycles. The van der Waals surface area contributed by atoms with Gasteiger partial charge in [0.1, 0.15) is 0 Å². The van der Waals surface area contributed by atoms with E-state index in [9.17, 15) is 4.79 Å². The molecule has 3 aromatic rings. The van der Waals surface area contributed by atoms with E-state index in [4.69, 9.17) is 14.0 Å². The van der Waals surface area contributed by atoms with Crippen molar-refractivity contribution < 1.29 is 18.8 Å². The van der Waals surface area contributed by atoms with E-state index in [0.717, 1.165) is 11.3 Å². The number of rotatable bonds is 5. The number of carbonyl (C=O) groups excluding carboxylic acids is 1. The fraction of sp³-hybridized carbons (Fsp3) is 0.263. The molecule has 3 heterocycles. The molecule has 1 aromatic carbocycles. The molecule has 1 aliphatic heterocycles. The van der Waals surface area contributed by atoms with Gasteiger partial charge in [-0.3, -0.25) is 9.78 Å². The van der Waals surface area contributed by atoms with Gasteiger partial charge in [0.05, 0.1) is 20.1 Å². The van der Waals surface area contributed by atoms with Crippen LogP contribution < -0.4 is 14.4 Å². The average Bonchev–Trinajstić information content (AvgIpc) is 3.35. The molecule has 2 aromatic heterocycles. The summed E-state index contributed by atoms with van der Waals surface area (Å²) in [5.74, 6) is 1.97. The van der Waals surface area contributed by atoms with Crippen molar-refractivity contribution in [3.05, 3.63) is 48.6 Å². The van der Waals surface area contributed by atoms with Gasteiger partial charge in [-0.25, -0.2) is 0 Å². The Labute approximate surface area is 155 Å². The number of hydrogen-bond acceptors (Lipinski definition) is 7. The number of ether oxygens (including phenoxy) is 2. The second-order valence-electron chi connectivity index (χ2n) is 6.14. The first-order valence-corrected chi connectivity index (χ1v) is 8.46. The molecule has 1 atom stereocenters. The highest BCUT2D eigenvalue weighted by Crippen LogP contribution is 2.36. The number of hydrogen-bond donors (Lipinski definition) is 0. The molecule has 8 heteroatoms. The Morgan fingerprint density at radius 3 is 2.63 bits per heavy atom. The monoisotopic (exact) mass is 366 g/mol. The minimum absolute atomic E-state index is 0.00381. The molecule has 27 heavy (non-hydrogen) atoms. The van der Waals surface area contributed by atoms with Crippen LogP contribution >= 0.6 is 0 Å². The molecule has 1 saturated heterocycles. The Morgan fingerprint density at radius 1 is 1.11 bits per heavy atom. The zero-order valence-electron chi connectivity index (χ0n) is 15.0. The van der Waals surface area contributed by atoms with Crippen LogP contribution in [0.25, 0.3) is 11.4 Å². The van der Waals surface area contributed by atoms with Crippen molar-refractivity contribution in [1.29, 1.82) is 0 Å². The van der Waals surface area contributed by atoms with Crippen LogP contribution in [0.1, 0.15) is 18.2 Å². The van der Waals surface area contributed by atoms with Crippen LogP contribution in [-0.2, 0) is 4.79 Å². The molecule has 0 N–H and O–H groups in total. The lowest BCUT2D eigenvalue weighted by molar-refractivity contribution is -0.117. The summed E-state index contributed by atoms with van der Waals surface area (Å²) in [6, 6.07) is 9.02. The highest BCUT2D eigenvalue weighted by molar-refractivity contribution is 5.96. The van der Waals surface area contributed by atoms with Gasteiger partial charge in [-0.1, -0.05) is 5.16 Å². The second kappa shape index (κ2) is 7.06. The molecule has 4 rings (SSSR count). The number of anilines is 1. The van der Waals surface area contributed by atoms with Crippen LogP contribution in [0.2, 0.25) is 0 Å². The van der Waals surface area contributed by atoms with E-state index in [-0.39, 0.29) is 11.8 Å². The Balaban J connectivity index is 1.55. The van der Waals surface area contributed by atoms with Gasteiger partial charge in [0.25, 0.3) is 0 Å². The molecule has 0 unspecified atom stereocenters. The number of methoxy groups -OCH3 is 2. The van der Waals surface area contributed by atoms with Crippen LogP contribution in [0.4, 0.5) is 5.69 Å². The molecular formula is C19H18N4O4. The summed E-state index contributed by atoms with van der Waals surface area (Å²) in [6.45, 7) is 0.465. The van der Waals surface area contributed by atoms with E-state index in [0.29, 0.717) is 36.2 Å². The quantitative estimate of drug-likeness (QED) is 0.685. The molecule has 0 radical (unpaired) electrons. The van der Waals surface area contributed by atoms with Gasteiger partial charge < -0.3 is 18.9 Å². The van der Waals surface area contributed by atoms with Gasteiger partial charge in [0, 0.05) is 42.7 Å². The number of nitrogens with zero attached hydrogens (tertiary/aromatic N) is 4. The van der Waals surface area contributed by atoms with Crippen LogP contribution in [0, 0.1) is 0 Å². The van der Waals surface area contributed by atoms with Crippen LogP contribution in [0.5, 0.6) is 11.5 Å². The van der Waals surface area contributed by atoms with Gasteiger partial charge in [-0.05, 0) is 24.3 Å². The van der Waals surface area contributed by atoms with Crippen molar-refractivity contribution >= 4 is 11.6 Å². The lowest BCUT2D eigenvalue weighted by Gasteiger charge is -2.18. The Kier molecular flexibility index (Phi) is 4.45. The first kappa shape index (κ1) is 17.0. The van der Waals surface area contributed by atoms with Crippen molar-refractivity contribution in [2.75, 3.05) is 25.7 Å². The summed E-state index contributed by atoms with van der Waals surface area (Å²) in [5.41, 5.74) is 1.56. The van der Waals surface area contributed by atoms with Gasteiger partial charge >= 0.3 is 0 Å². The molecular weight excluding hydrogens is 348 g/mol. The zero-order chi connectivity index (χ0) is 18.8. The van der Waals surface area contributed by atoms with Crippen molar-refractivity contribution in [3.8, 4) is 22.9 Å². The molecule has 0 bridgehead atoms. The zero-order valence-corrected chi connectivity index (χ0v) is 15.0. The van der Waals surface area contributed by atoms with Gasteiger partial charge in [-0.15, -0.1) is 0 Å². The van der Waals surface area contributed by atoms with Crippen LogP contribution in [0.3, 0.4) is 0 Å². The fourth-order valence-electron chi connectivity index (χ4n) is 3.13. The van der Waals surface area contributed by atoms with E-state index < -0.39 is 0 Å². The SMILES string of the molecule is COc1ccc(N2C[C@H](c3nc(-c4ccncc4)no3)CC2=O)cc1OC. The molecule has 138 valence electrons. The summed E-state index contributed by atoms with van der Waals surface area (Å²) >= 11 is 0. The largest absolute Gasteiger partial charge is 0.493 e. The lowest BCUT2D eigenvalue weighted by atomic mass is 10.1. The molecule has 8 nitrogen and oxygen atoms in total. The minimum Gasteiger partial charge on any atom is -0.493 e. The Bertz CT molecular complexity index is 957. The predicted molar refractivity (Wildman–Crippen MR) is 96.8 cm³/mol. The number of aromatic nitrogens is 3. The average molecular weight is 366 g/mol. The molecule has 1 amide bonds. The maximum atomic E-state index is 12.5. The summed E-state index contributed by atoms with van der Waals surface area (Å²) in [6.07, 6.45) is 3.65. The van der Waals surface area contributed by atoms with Gasteiger partial charge in [0.15, 0.2) is 11.5 Å². The van der Waals surface area contributed by atoms with Gasteiger partial charge in [0.2, 0.25) is 17.6 Å². The molecule has 1 aliphatic rings. The van der Waals surface area contributed by atoms with Crippen molar-refractivity contribution in [3.63, 3.8) is 0 Å². The highest BCUT2D eigenvalue weighted by Gasteiger charge is 2.35. The Hall–Kier alpha value is -3.42. The smallest absolute Gasteiger partial charge is 0.232 e. The third-order valence-electron chi connectivity index (χ3n) is 4.53. The minimum atomic E-state index is -0.159. The standard InChI is InChI=1S/C19H18N4O4/c1-25-15-4-3-14(10-16(15)26-2)23-11-13(9-17(23)24)19-21-18(22-27-19)12-5-7-20-8-6-12/h3-8,10,13H,9,11H2,1-2H3/t13-/m1/s1. The normalized spacial score (nSPS) is 16.6. The number of pyridine rings is 1. The first-order valence-electron chi connectivity index (χ1n) is 8.46. The number of amides is 1. The fourth-order valence-corrected chi connectivity index (χ4v) is 3.13. The molecule has 0 saturated carbocycles. The van der Waals surface area contributed by atoms with E-state index in [2.05, 4.69) is 15.1 Å². The number of benzene rings is 1. The number of carbonyl (C=O) groups is 1. The maximum absolute atomic E-state index is 12.5. The van der Waals surface area contributed by atoms with Crippen molar-refractivity contribution in [2.24, 2.45) is 0 Å². The molecule has 1 fully saturated rings. The van der Waals surface area contributed by atoms with Crippen LogP contribution in [0.15, 0.2) is 47.2 Å². The van der Waals surface area contributed by atoms with Crippen LogP contribution in [-0.4, -0.2) is 41.8 Å². The lowest BCUT2D eigenvalue weighted by Crippen LogP contribution is -2.24. The van der Waals surface area contributed by atoms with Gasteiger partial charge in [-0.2, -0.15) is 4.98 Å². The first-order chi connectivity index (χ1) is 13.2. The summed E-state index contributed by atoms with van der Waals surface area (Å²) in [5, 5.41) is 4.02. The van der Waals surface area contributed by atoms with Crippen molar-refractivity contribution in [2.45, 2.75) is 12.3 Å². The maximum Gasteiger partial charge on any atom is 0.232 e. The summed E-state index contributed by atoms with van der Waals surface area (Å²) < 4.78 is 16.0. The highest BCUT2D eigenvalue weighted by atomic mass is 16.5. The molecule has 0 spiro atoms. The third-order valence-corrected chi connectivity index (χ3v) is 4.53. The summed E-state index contributed by atoms with van der Waals surface area (Å²) in [7, 11) is 3.14. The van der Waals surface area contributed by atoms with Crippen molar-refractivity contribution in [1.82, 2.24) is 15.1 Å². The second-order valence-corrected chi connectivity index (χ2v) is 6.14. The van der Waals surface area contributed by atoms with E-state index in [1.807, 2.05) is 18.2 Å². The summed E-state index contributed by atoms with van der Waals surface area (Å²) in [4.78, 5) is 22.7. The van der Waals surface area contributed by atoms with E-state index in [1.165, 1.54) is 0 Å². The predicted octanol–water partition coefficient (Wildman–Crippen LogP) is 2.67.